The van der Waals surface area contributed by atoms with Crippen LogP contribution in [0, 0.1) is 0 Å². The minimum absolute atomic E-state index is 0.143. The van der Waals surface area contributed by atoms with Crippen LogP contribution in [0.3, 0.4) is 0 Å². The quantitative estimate of drug-likeness (QED) is 0.615. The third-order valence-corrected chi connectivity index (χ3v) is 6.24. The Morgan fingerprint density at radius 1 is 1.12 bits per heavy atom. The highest BCUT2D eigenvalue weighted by Gasteiger charge is 2.30. The van der Waals surface area contributed by atoms with E-state index in [1.165, 1.54) is 5.56 Å². The molecule has 0 aliphatic carbocycles. The molecule has 2 aromatic carbocycles. The summed E-state index contributed by atoms with van der Waals surface area (Å²) in [6.07, 6.45) is 2.84. The molecule has 5 rings (SSSR count). The van der Waals surface area contributed by atoms with Gasteiger partial charge in [0.15, 0.2) is 0 Å². The first-order chi connectivity index (χ1) is 15.6. The van der Waals surface area contributed by atoms with Gasteiger partial charge in [-0.05, 0) is 54.3 Å². The Hall–Kier alpha value is -3.38. The van der Waals surface area contributed by atoms with Crippen molar-refractivity contribution >= 4 is 34.9 Å². The Bertz CT molecular complexity index is 1210. The summed E-state index contributed by atoms with van der Waals surface area (Å²) >= 11 is 6.23. The Morgan fingerprint density at radius 3 is 2.88 bits per heavy atom. The zero-order valence-corrected chi connectivity index (χ0v) is 18.3. The summed E-state index contributed by atoms with van der Waals surface area (Å²) in [5.74, 6) is 0.643. The van der Waals surface area contributed by atoms with E-state index in [2.05, 4.69) is 21.7 Å². The van der Waals surface area contributed by atoms with E-state index in [1.54, 1.807) is 29.2 Å². The minimum atomic E-state index is -0.176. The molecule has 2 aliphatic rings. The van der Waals surface area contributed by atoms with E-state index < -0.39 is 0 Å². The van der Waals surface area contributed by atoms with E-state index in [-0.39, 0.29) is 11.8 Å². The second-order valence-electron chi connectivity index (χ2n) is 8.06. The molecule has 1 aromatic heterocycles. The van der Waals surface area contributed by atoms with E-state index in [9.17, 15) is 9.59 Å². The number of pyridine rings is 1. The summed E-state index contributed by atoms with van der Waals surface area (Å²) in [5.41, 5.74) is 4.82. The van der Waals surface area contributed by atoms with Crippen LogP contribution in [-0.2, 0) is 19.4 Å². The molecule has 32 heavy (non-hydrogen) atoms. The number of carbonyl (C=O) groups excluding carboxylic acids is 2. The first-order valence-electron chi connectivity index (χ1n) is 10.8. The molecule has 3 aromatic rings. The second kappa shape index (κ2) is 8.63. The molecule has 0 atom stereocenters. The molecule has 162 valence electrons. The molecule has 2 aliphatic heterocycles. The van der Waals surface area contributed by atoms with Crippen LogP contribution in [0.15, 0.2) is 54.6 Å². The van der Waals surface area contributed by atoms with Gasteiger partial charge in [0.05, 0.1) is 17.1 Å². The molecule has 2 amide bonds. The normalized spacial score (nSPS) is 14.5. The number of anilines is 2. The summed E-state index contributed by atoms with van der Waals surface area (Å²) in [6.45, 7) is 1.88. The van der Waals surface area contributed by atoms with Crippen molar-refractivity contribution in [1.82, 2.24) is 10.3 Å². The topological polar surface area (TPSA) is 74.3 Å². The number of fused-ring (bicyclic) bond motifs is 2. The third kappa shape index (κ3) is 3.94. The van der Waals surface area contributed by atoms with Gasteiger partial charge < -0.3 is 15.5 Å². The van der Waals surface area contributed by atoms with Gasteiger partial charge in [0, 0.05) is 36.5 Å². The van der Waals surface area contributed by atoms with Crippen molar-refractivity contribution in [2.75, 3.05) is 23.3 Å². The SMILES string of the molecule is O=C(NCCc1ccc2c(n1)NCCC2)c1cccc(N2Cc3cccc(Cl)c3C2=O)c1. The number of hydrogen-bond acceptors (Lipinski definition) is 4. The number of halogens is 1. The molecular weight excluding hydrogens is 424 g/mol. The number of carbonyl (C=O) groups is 2. The summed E-state index contributed by atoms with van der Waals surface area (Å²) in [4.78, 5) is 31.9. The number of hydrogen-bond donors (Lipinski definition) is 2. The van der Waals surface area contributed by atoms with Crippen molar-refractivity contribution < 1.29 is 9.59 Å². The second-order valence-corrected chi connectivity index (χ2v) is 8.47. The van der Waals surface area contributed by atoms with Crippen LogP contribution in [0.4, 0.5) is 11.5 Å². The maximum atomic E-state index is 12.9. The van der Waals surface area contributed by atoms with Crippen molar-refractivity contribution in [3.63, 3.8) is 0 Å². The average molecular weight is 447 g/mol. The summed E-state index contributed by atoms with van der Waals surface area (Å²) in [5, 5.41) is 6.75. The molecule has 0 unspecified atom stereocenters. The minimum Gasteiger partial charge on any atom is -0.370 e. The Balaban J connectivity index is 1.23. The molecule has 0 fully saturated rings. The van der Waals surface area contributed by atoms with Crippen LogP contribution in [0.5, 0.6) is 0 Å². The number of benzene rings is 2. The molecule has 3 heterocycles. The molecule has 0 saturated carbocycles. The standard InChI is InChI=1S/C25H23ClN4O2/c26-21-8-2-5-18-15-30(25(32)22(18)21)20-7-1-4-17(14-20)24(31)28-13-11-19-10-9-16-6-3-12-27-23(16)29-19/h1-2,4-5,7-10,14H,3,6,11-13,15H2,(H,27,29)(H,28,31). The Kier molecular flexibility index (Phi) is 5.53. The smallest absolute Gasteiger partial charge is 0.260 e. The fourth-order valence-corrected chi connectivity index (χ4v) is 4.53. The molecule has 6 nitrogen and oxygen atoms in total. The van der Waals surface area contributed by atoms with Crippen molar-refractivity contribution in [1.29, 1.82) is 0 Å². The molecule has 7 heteroatoms. The predicted octanol–water partition coefficient (Wildman–Crippen LogP) is 4.23. The average Bonchev–Trinajstić information content (AvgIpc) is 3.16. The largest absolute Gasteiger partial charge is 0.370 e. The third-order valence-electron chi connectivity index (χ3n) is 5.93. The van der Waals surface area contributed by atoms with E-state index in [1.807, 2.05) is 24.3 Å². The van der Waals surface area contributed by atoms with Gasteiger partial charge in [0.1, 0.15) is 5.82 Å². The van der Waals surface area contributed by atoms with Gasteiger partial charge in [-0.1, -0.05) is 35.9 Å². The van der Waals surface area contributed by atoms with Crippen molar-refractivity contribution in [3.05, 3.63) is 87.6 Å². The van der Waals surface area contributed by atoms with Crippen molar-refractivity contribution in [2.24, 2.45) is 0 Å². The lowest BCUT2D eigenvalue weighted by molar-refractivity contribution is 0.0951. The summed E-state index contributed by atoms with van der Waals surface area (Å²) < 4.78 is 0. The van der Waals surface area contributed by atoms with Crippen LogP contribution in [0.1, 0.15) is 44.0 Å². The van der Waals surface area contributed by atoms with Gasteiger partial charge >= 0.3 is 0 Å². The highest BCUT2D eigenvalue weighted by atomic mass is 35.5. The molecule has 0 radical (unpaired) electrons. The van der Waals surface area contributed by atoms with Crippen LogP contribution >= 0.6 is 11.6 Å². The zero-order chi connectivity index (χ0) is 22.1. The van der Waals surface area contributed by atoms with Gasteiger partial charge in [-0.15, -0.1) is 0 Å². The molecule has 0 saturated heterocycles. The lowest BCUT2D eigenvalue weighted by Crippen LogP contribution is -2.27. The number of amides is 2. The number of nitrogens with zero attached hydrogens (tertiary/aromatic N) is 2. The molecule has 2 N–H and O–H groups in total. The van der Waals surface area contributed by atoms with E-state index in [0.717, 1.165) is 36.5 Å². The predicted molar refractivity (Wildman–Crippen MR) is 125 cm³/mol. The molecule has 0 bridgehead atoms. The monoisotopic (exact) mass is 446 g/mol. The zero-order valence-electron chi connectivity index (χ0n) is 17.5. The number of rotatable bonds is 5. The first kappa shape index (κ1) is 20.5. The highest BCUT2D eigenvalue weighted by Crippen LogP contribution is 2.32. The Labute approximate surface area is 191 Å². The van der Waals surface area contributed by atoms with Gasteiger partial charge in [0.25, 0.3) is 11.8 Å². The van der Waals surface area contributed by atoms with E-state index >= 15 is 0 Å². The lowest BCUT2D eigenvalue weighted by Gasteiger charge is -2.18. The lowest BCUT2D eigenvalue weighted by atomic mass is 10.1. The first-order valence-corrected chi connectivity index (χ1v) is 11.2. The van der Waals surface area contributed by atoms with Crippen molar-refractivity contribution in [2.45, 2.75) is 25.8 Å². The van der Waals surface area contributed by atoms with Crippen LogP contribution < -0.4 is 15.5 Å². The fourth-order valence-electron chi connectivity index (χ4n) is 4.25. The maximum absolute atomic E-state index is 12.9. The van der Waals surface area contributed by atoms with Crippen LogP contribution in [-0.4, -0.2) is 29.9 Å². The number of aromatic nitrogens is 1. The summed E-state index contributed by atoms with van der Waals surface area (Å²) in [7, 11) is 0. The Morgan fingerprint density at radius 2 is 2.00 bits per heavy atom. The van der Waals surface area contributed by atoms with Gasteiger partial charge in [-0.25, -0.2) is 4.98 Å². The van der Waals surface area contributed by atoms with Crippen LogP contribution in [0.25, 0.3) is 0 Å². The fraction of sp³-hybridized carbons (Fsp3) is 0.240. The van der Waals surface area contributed by atoms with Crippen LogP contribution in [0.2, 0.25) is 5.02 Å². The number of nitrogens with one attached hydrogen (secondary N) is 2. The maximum Gasteiger partial charge on any atom is 0.260 e. The van der Waals surface area contributed by atoms with E-state index in [4.69, 9.17) is 11.6 Å². The van der Waals surface area contributed by atoms with Gasteiger partial charge in [-0.3, -0.25) is 9.59 Å². The van der Waals surface area contributed by atoms with E-state index in [0.29, 0.717) is 41.3 Å². The highest BCUT2D eigenvalue weighted by molar-refractivity contribution is 6.35. The number of aryl methyl sites for hydroxylation is 1. The molecule has 0 spiro atoms. The van der Waals surface area contributed by atoms with Gasteiger partial charge in [-0.2, -0.15) is 0 Å². The van der Waals surface area contributed by atoms with Gasteiger partial charge in [0.2, 0.25) is 0 Å². The summed E-state index contributed by atoms with van der Waals surface area (Å²) in [6, 6.07) is 16.7. The molecular formula is C25H23ClN4O2. The van der Waals surface area contributed by atoms with Crippen molar-refractivity contribution in [3.8, 4) is 0 Å².